The Bertz CT molecular complexity index is 1020. The largest absolute Gasteiger partial charge is 0.508 e. The van der Waals surface area contributed by atoms with Crippen LogP contribution in [-0.2, 0) is 14.4 Å². The van der Waals surface area contributed by atoms with Crippen LogP contribution in [0.4, 0.5) is 0 Å². The number of nitrogens with two attached hydrogens (primary N) is 4. The molecule has 0 saturated heterocycles. The molecule has 0 saturated carbocycles. The van der Waals surface area contributed by atoms with E-state index in [0.717, 1.165) is 11.1 Å². The van der Waals surface area contributed by atoms with Crippen LogP contribution in [0, 0.1) is 0 Å². The van der Waals surface area contributed by atoms with Gasteiger partial charge in [0.15, 0.2) is 0 Å². The highest BCUT2D eigenvalue weighted by Crippen LogP contribution is 2.25. The summed E-state index contributed by atoms with van der Waals surface area (Å²) in [5.41, 5.74) is 24.6. The van der Waals surface area contributed by atoms with E-state index in [-0.39, 0.29) is 43.5 Å². The summed E-state index contributed by atoms with van der Waals surface area (Å²) in [6.07, 6.45) is 8.84. The van der Waals surface area contributed by atoms with E-state index in [9.17, 15) is 24.6 Å². The molecular weight excluding hydrogens is 578 g/mol. The van der Waals surface area contributed by atoms with Crippen molar-refractivity contribution in [1.82, 2.24) is 16.0 Å². The lowest BCUT2D eigenvalue weighted by Gasteiger charge is -2.28. The Kier molecular flexibility index (Phi) is 25.2. The molecular formula is C32H59N7O6. The molecule has 45 heavy (non-hydrogen) atoms. The monoisotopic (exact) mass is 637 g/mol. The van der Waals surface area contributed by atoms with E-state index in [4.69, 9.17) is 28.0 Å². The Balaban J connectivity index is 0. The zero-order chi connectivity index (χ0) is 34.9. The van der Waals surface area contributed by atoms with Crippen LogP contribution in [0.15, 0.2) is 59.4 Å². The molecule has 0 fully saturated rings. The second-order valence-electron chi connectivity index (χ2n) is 10.2. The zero-order valence-electron chi connectivity index (χ0n) is 27.7. The van der Waals surface area contributed by atoms with Gasteiger partial charge in [-0.3, -0.25) is 14.4 Å². The van der Waals surface area contributed by atoms with E-state index in [1.165, 1.54) is 19.1 Å². The summed E-state index contributed by atoms with van der Waals surface area (Å²) in [6.45, 7) is 13.4. The van der Waals surface area contributed by atoms with Gasteiger partial charge in [0.05, 0.1) is 12.6 Å². The van der Waals surface area contributed by atoms with Crippen molar-refractivity contribution < 1.29 is 29.7 Å². The van der Waals surface area contributed by atoms with E-state index >= 15 is 0 Å². The third-order valence-corrected chi connectivity index (χ3v) is 6.58. The zero-order valence-corrected chi connectivity index (χ0v) is 27.7. The van der Waals surface area contributed by atoms with Crippen LogP contribution in [0.3, 0.4) is 0 Å². The predicted octanol–water partition coefficient (Wildman–Crippen LogP) is 0.441. The quantitative estimate of drug-likeness (QED) is 0.0985. The molecule has 4 unspecified atom stereocenters. The van der Waals surface area contributed by atoms with Crippen LogP contribution in [0.1, 0.15) is 66.7 Å². The molecule has 3 amide bonds. The number of aliphatic hydroxyl groups is 3. The number of hydrogen-bond donors (Lipinski definition) is 10. The highest BCUT2D eigenvalue weighted by Gasteiger charge is 2.35. The topological polar surface area (TPSA) is 252 Å². The summed E-state index contributed by atoms with van der Waals surface area (Å²) in [4.78, 5) is 38.9. The second kappa shape index (κ2) is 25.9. The molecule has 0 aromatic heterocycles. The van der Waals surface area contributed by atoms with E-state index in [1.807, 2.05) is 33.8 Å². The molecule has 13 heteroatoms. The Morgan fingerprint density at radius 1 is 1.04 bits per heavy atom. The first-order valence-electron chi connectivity index (χ1n) is 15.5. The second-order valence-corrected chi connectivity index (χ2v) is 10.2. The van der Waals surface area contributed by atoms with Crippen LogP contribution in [0.5, 0.6) is 0 Å². The standard InChI is InChI=1S/C27H47N7O5.C3H6O.C2H6/c1-4-16(2)18-8-5-11-22(35)20(14-18)24(36)23(27(39)32-15-19(31)9-6-12-28)34-26(38)21(10-7-13-29)33-25(37)17(3)30;1-2-3-4;1-2/h4-5,11,14,17,19,21,23-24,35-36H,6-10,12-13,15,28-31H2,1-3H3,(H,32,39)(H,33,37)(H,34,38);2,4H,1,3H2;1-2H3/b16-4+;;/t17?,19?,21-,23?,24?;;/m0../s1. The van der Waals surface area contributed by atoms with Crippen molar-refractivity contribution >= 4 is 17.7 Å². The van der Waals surface area contributed by atoms with E-state index in [1.54, 1.807) is 12.2 Å². The van der Waals surface area contributed by atoms with Gasteiger partial charge in [-0.1, -0.05) is 37.6 Å². The van der Waals surface area contributed by atoms with Crippen LogP contribution < -0.4 is 38.9 Å². The lowest BCUT2D eigenvalue weighted by Crippen LogP contribution is -2.59. The van der Waals surface area contributed by atoms with Crippen LogP contribution in [-0.4, -0.2) is 89.6 Å². The number of carbonyl (C=O) groups excluding carboxylic acids is 3. The molecule has 0 aliphatic heterocycles. The van der Waals surface area contributed by atoms with Gasteiger partial charge in [-0.2, -0.15) is 0 Å². The average molecular weight is 638 g/mol. The minimum absolute atomic E-state index is 0.0611. The molecule has 5 atom stereocenters. The Morgan fingerprint density at radius 2 is 1.62 bits per heavy atom. The lowest BCUT2D eigenvalue weighted by molar-refractivity contribution is -0.134. The normalized spacial score (nSPS) is 16.2. The number of aliphatic hydroxyl groups excluding tert-OH is 3. The minimum atomic E-state index is -1.63. The minimum Gasteiger partial charge on any atom is -0.508 e. The van der Waals surface area contributed by atoms with Gasteiger partial charge in [-0.15, -0.1) is 6.58 Å². The van der Waals surface area contributed by atoms with E-state index in [0.29, 0.717) is 32.2 Å². The maximum absolute atomic E-state index is 13.3. The Morgan fingerprint density at radius 3 is 2.13 bits per heavy atom. The number of amides is 3. The highest BCUT2D eigenvalue weighted by atomic mass is 16.3. The molecule has 1 rings (SSSR count). The molecule has 14 N–H and O–H groups in total. The maximum atomic E-state index is 13.3. The van der Waals surface area contributed by atoms with Gasteiger partial charge >= 0.3 is 0 Å². The maximum Gasteiger partial charge on any atom is 0.245 e. The van der Waals surface area contributed by atoms with Crippen molar-refractivity contribution in [2.75, 3.05) is 26.2 Å². The molecule has 258 valence electrons. The fourth-order valence-corrected chi connectivity index (χ4v) is 3.85. The third kappa shape index (κ3) is 17.7. The van der Waals surface area contributed by atoms with Crippen LogP contribution >= 0.6 is 0 Å². The highest BCUT2D eigenvalue weighted by molar-refractivity contribution is 5.93. The molecule has 0 radical (unpaired) electrons. The van der Waals surface area contributed by atoms with E-state index in [2.05, 4.69) is 22.5 Å². The van der Waals surface area contributed by atoms with Crippen LogP contribution in [0.25, 0.3) is 0 Å². The van der Waals surface area contributed by atoms with Gasteiger partial charge in [-0.25, -0.2) is 0 Å². The smallest absolute Gasteiger partial charge is 0.245 e. The third-order valence-electron chi connectivity index (χ3n) is 6.58. The summed E-state index contributed by atoms with van der Waals surface area (Å²) in [5, 5.41) is 37.6. The first-order valence-corrected chi connectivity index (χ1v) is 15.5. The molecule has 0 aromatic carbocycles. The number of nitrogens with one attached hydrogen (secondary N) is 3. The van der Waals surface area contributed by atoms with Gasteiger partial charge in [-0.05, 0) is 83.7 Å². The molecule has 0 aromatic rings. The fraction of sp³-hybridized carbons (Fsp3) is 0.594. The molecule has 0 heterocycles. The number of hydrogen-bond acceptors (Lipinski definition) is 10. The van der Waals surface area contributed by atoms with Gasteiger partial charge in [0.2, 0.25) is 17.7 Å². The number of carbonyl (C=O) groups is 3. The van der Waals surface area contributed by atoms with Crippen molar-refractivity contribution in [1.29, 1.82) is 0 Å². The first-order chi connectivity index (χ1) is 21.4. The average Bonchev–Trinajstić information content (AvgIpc) is 3.24. The van der Waals surface area contributed by atoms with Crippen LogP contribution in [0.2, 0.25) is 0 Å². The molecule has 0 bridgehead atoms. The first kappa shape index (κ1) is 43.8. The lowest BCUT2D eigenvalue weighted by atomic mass is 9.95. The summed E-state index contributed by atoms with van der Waals surface area (Å²) >= 11 is 0. The van der Waals surface area contributed by atoms with Gasteiger partial charge in [0, 0.05) is 18.2 Å². The van der Waals surface area contributed by atoms with Gasteiger partial charge in [0.1, 0.15) is 23.9 Å². The molecule has 1 aliphatic rings. The van der Waals surface area contributed by atoms with Crippen molar-refractivity contribution in [3.63, 3.8) is 0 Å². The Hall–Kier alpha value is -3.33. The molecule has 0 spiro atoms. The Labute approximate surface area is 268 Å². The molecule has 1 aliphatic carbocycles. The fourth-order valence-electron chi connectivity index (χ4n) is 3.85. The van der Waals surface area contributed by atoms with Crippen molar-refractivity contribution in [3.8, 4) is 0 Å². The number of allylic oxidation sites excluding steroid dienone is 5. The number of rotatable bonds is 17. The van der Waals surface area contributed by atoms with Crippen molar-refractivity contribution in [2.45, 2.75) is 97.0 Å². The SMILES string of the molecule is C/C=C(\C)C1=CC(C(O)C(NC(=O)[C@H](CCCN)NC(=O)C(C)N)C(=O)NCC(N)CCCN)=C(O)C=CC1.C=CCO.CC. The van der Waals surface area contributed by atoms with Crippen molar-refractivity contribution in [2.24, 2.45) is 22.9 Å². The van der Waals surface area contributed by atoms with Crippen molar-refractivity contribution in [3.05, 3.63) is 59.4 Å². The summed E-state index contributed by atoms with van der Waals surface area (Å²) < 4.78 is 0. The van der Waals surface area contributed by atoms with E-state index < -0.39 is 42.0 Å². The molecule has 13 nitrogen and oxygen atoms in total. The van der Waals surface area contributed by atoms with Gasteiger partial charge in [0.25, 0.3) is 0 Å². The summed E-state index contributed by atoms with van der Waals surface area (Å²) in [7, 11) is 0. The summed E-state index contributed by atoms with van der Waals surface area (Å²) in [6, 6.07) is -3.81. The predicted molar refractivity (Wildman–Crippen MR) is 181 cm³/mol. The van der Waals surface area contributed by atoms with Gasteiger partial charge < -0.3 is 54.2 Å². The summed E-state index contributed by atoms with van der Waals surface area (Å²) in [5.74, 6) is -2.20.